The van der Waals surface area contributed by atoms with Crippen LogP contribution in [0.4, 0.5) is 5.69 Å². The first-order valence-corrected chi connectivity index (χ1v) is 7.58. The van der Waals surface area contributed by atoms with Gasteiger partial charge in [0.1, 0.15) is 6.10 Å². The monoisotopic (exact) mass is 303 g/mol. The first-order valence-electron chi connectivity index (χ1n) is 7.58. The second kappa shape index (κ2) is 7.06. The minimum atomic E-state index is 0.106. The number of hydrogen-bond donors (Lipinski definition) is 2. The van der Waals surface area contributed by atoms with Gasteiger partial charge in [-0.15, -0.1) is 0 Å². The van der Waals surface area contributed by atoms with E-state index in [1.54, 1.807) is 6.26 Å². The lowest BCUT2D eigenvalue weighted by Gasteiger charge is -2.17. The van der Waals surface area contributed by atoms with Gasteiger partial charge in [0.15, 0.2) is 17.5 Å². The van der Waals surface area contributed by atoms with E-state index in [1.807, 2.05) is 24.3 Å². The number of nitrogens with two attached hydrogens (primary N) is 1. The zero-order valence-corrected chi connectivity index (χ0v) is 12.5. The molecule has 3 N–H and O–H groups in total. The molecule has 0 radical (unpaired) electrons. The Morgan fingerprint density at radius 3 is 2.95 bits per heavy atom. The Balaban J connectivity index is 1.59. The van der Waals surface area contributed by atoms with Crippen LogP contribution in [-0.4, -0.2) is 31.8 Å². The van der Waals surface area contributed by atoms with Gasteiger partial charge in [-0.25, -0.2) is 4.99 Å². The molecule has 0 spiro atoms. The van der Waals surface area contributed by atoms with Crippen molar-refractivity contribution in [2.45, 2.75) is 25.4 Å². The van der Waals surface area contributed by atoms with Gasteiger partial charge >= 0.3 is 0 Å². The Morgan fingerprint density at radius 1 is 1.27 bits per heavy atom. The van der Waals surface area contributed by atoms with Crippen molar-refractivity contribution in [1.82, 2.24) is 0 Å². The predicted octanol–water partition coefficient (Wildman–Crippen LogP) is 2.27. The van der Waals surface area contributed by atoms with E-state index in [2.05, 4.69) is 10.3 Å². The van der Waals surface area contributed by atoms with Crippen molar-refractivity contribution in [2.24, 2.45) is 10.7 Å². The molecule has 1 unspecified atom stereocenters. The van der Waals surface area contributed by atoms with Crippen molar-refractivity contribution >= 4 is 11.6 Å². The zero-order chi connectivity index (χ0) is 15.2. The lowest BCUT2D eigenvalue weighted by Crippen LogP contribution is -2.25. The Bertz CT molecular complexity index is 572. The molecule has 6 nitrogen and oxygen atoms in total. The highest BCUT2D eigenvalue weighted by molar-refractivity contribution is 5.92. The van der Waals surface area contributed by atoms with Crippen molar-refractivity contribution in [3.05, 3.63) is 30.5 Å². The van der Waals surface area contributed by atoms with Gasteiger partial charge in [-0.2, -0.15) is 0 Å². The van der Waals surface area contributed by atoms with Crippen LogP contribution in [0.2, 0.25) is 0 Å². The SMILES string of the molecule is NC(=NCC1CCC=CO1)Nc1ccc2c(c1)OCCCO2. The maximum absolute atomic E-state index is 5.92. The smallest absolute Gasteiger partial charge is 0.193 e. The summed E-state index contributed by atoms with van der Waals surface area (Å²) in [4.78, 5) is 4.33. The molecule has 0 aromatic heterocycles. The van der Waals surface area contributed by atoms with Gasteiger partial charge in [0.2, 0.25) is 0 Å². The molecule has 0 bridgehead atoms. The molecule has 0 saturated heterocycles. The van der Waals surface area contributed by atoms with Crippen LogP contribution in [-0.2, 0) is 4.74 Å². The molecule has 0 amide bonds. The van der Waals surface area contributed by atoms with Crippen molar-refractivity contribution in [3.63, 3.8) is 0 Å². The number of allylic oxidation sites excluding steroid dienone is 1. The maximum Gasteiger partial charge on any atom is 0.193 e. The molecule has 1 aromatic rings. The van der Waals surface area contributed by atoms with Crippen molar-refractivity contribution < 1.29 is 14.2 Å². The van der Waals surface area contributed by atoms with E-state index >= 15 is 0 Å². The number of rotatable bonds is 3. The minimum Gasteiger partial charge on any atom is -0.496 e. The van der Waals surface area contributed by atoms with E-state index in [4.69, 9.17) is 19.9 Å². The molecule has 0 fully saturated rings. The van der Waals surface area contributed by atoms with E-state index in [-0.39, 0.29) is 6.10 Å². The van der Waals surface area contributed by atoms with Crippen molar-refractivity contribution in [3.8, 4) is 11.5 Å². The molecule has 22 heavy (non-hydrogen) atoms. The van der Waals surface area contributed by atoms with Gasteiger partial charge in [-0.3, -0.25) is 0 Å². The van der Waals surface area contributed by atoms with E-state index in [9.17, 15) is 0 Å². The number of hydrogen-bond acceptors (Lipinski definition) is 4. The number of ether oxygens (including phenoxy) is 3. The molecule has 118 valence electrons. The van der Waals surface area contributed by atoms with Crippen LogP contribution in [0, 0.1) is 0 Å². The summed E-state index contributed by atoms with van der Waals surface area (Å²) in [5.41, 5.74) is 6.75. The average Bonchev–Trinajstić information content (AvgIpc) is 2.79. The van der Waals surface area contributed by atoms with Gasteiger partial charge in [-0.1, -0.05) is 0 Å². The summed E-state index contributed by atoms with van der Waals surface area (Å²) in [5, 5.41) is 3.07. The number of nitrogens with one attached hydrogen (secondary N) is 1. The van der Waals surface area contributed by atoms with Crippen LogP contribution in [0.3, 0.4) is 0 Å². The summed E-state index contributed by atoms with van der Waals surface area (Å²) in [6, 6.07) is 5.66. The first kappa shape index (κ1) is 14.6. The summed E-state index contributed by atoms with van der Waals surface area (Å²) in [6.45, 7) is 1.89. The Labute approximate surface area is 130 Å². The number of guanidine groups is 1. The van der Waals surface area contributed by atoms with Gasteiger partial charge in [-0.05, 0) is 31.1 Å². The molecule has 2 aliphatic heterocycles. The summed E-state index contributed by atoms with van der Waals surface area (Å²) < 4.78 is 16.7. The van der Waals surface area contributed by atoms with Gasteiger partial charge < -0.3 is 25.3 Å². The van der Waals surface area contributed by atoms with Gasteiger partial charge in [0.05, 0.1) is 26.0 Å². The third-order valence-corrected chi connectivity index (χ3v) is 3.51. The molecule has 2 heterocycles. The fraction of sp³-hybridized carbons (Fsp3) is 0.438. The standard InChI is InChI=1S/C16H21N3O3/c17-16(18-11-13-4-1-2-7-20-13)19-12-5-6-14-15(10-12)22-9-3-8-21-14/h2,5-7,10,13H,1,3-4,8-9,11H2,(H3,17,18,19). The summed E-state index contributed by atoms with van der Waals surface area (Å²) in [7, 11) is 0. The molecule has 6 heteroatoms. The van der Waals surface area contributed by atoms with Crippen molar-refractivity contribution in [2.75, 3.05) is 25.1 Å². The van der Waals surface area contributed by atoms with Gasteiger partial charge in [0.25, 0.3) is 0 Å². The second-order valence-electron chi connectivity index (χ2n) is 5.27. The minimum absolute atomic E-state index is 0.106. The molecule has 1 atom stereocenters. The third-order valence-electron chi connectivity index (χ3n) is 3.51. The second-order valence-corrected chi connectivity index (χ2v) is 5.27. The average molecular weight is 303 g/mol. The lowest BCUT2D eigenvalue weighted by molar-refractivity contribution is 0.131. The Hall–Kier alpha value is -2.37. The van der Waals surface area contributed by atoms with E-state index in [1.165, 1.54) is 0 Å². The Kier molecular flexibility index (Phi) is 4.68. The Morgan fingerprint density at radius 2 is 2.14 bits per heavy atom. The molecular formula is C16H21N3O3. The van der Waals surface area contributed by atoms with E-state index in [0.29, 0.717) is 25.7 Å². The van der Waals surface area contributed by atoms with Crippen LogP contribution in [0.5, 0.6) is 11.5 Å². The zero-order valence-electron chi connectivity index (χ0n) is 12.5. The van der Waals surface area contributed by atoms with Crippen LogP contribution >= 0.6 is 0 Å². The fourth-order valence-electron chi connectivity index (χ4n) is 2.35. The van der Waals surface area contributed by atoms with E-state index < -0.39 is 0 Å². The molecule has 1 aromatic carbocycles. The predicted molar refractivity (Wildman–Crippen MR) is 85.4 cm³/mol. The lowest BCUT2D eigenvalue weighted by atomic mass is 10.2. The normalized spacial score (nSPS) is 20.9. The summed E-state index contributed by atoms with van der Waals surface area (Å²) >= 11 is 0. The molecular weight excluding hydrogens is 282 g/mol. The quantitative estimate of drug-likeness (QED) is 0.661. The highest BCUT2D eigenvalue weighted by Gasteiger charge is 2.12. The summed E-state index contributed by atoms with van der Waals surface area (Å²) in [6.07, 6.45) is 6.73. The van der Waals surface area contributed by atoms with Crippen molar-refractivity contribution in [1.29, 1.82) is 0 Å². The maximum atomic E-state index is 5.92. The van der Waals surface area contributed by atoms with Crippen LogP contribution < -0.4 is 20.5 Å². The molecule has 3 rings (SSSR count). The largest absolute Gasteiger partial charge is 0.496 e. The highest BCUT2D eigenvalue weighted by atomic mass is 16.5. The van der Waals surface area contributed by atoms with Gasteiger partial charge in [0, 0.05) is 18.2 Å². The fourth-order valence-corrected chi connectivity index (χ4v) is 2.35. The van der Waals surface area contributed by atoms with Crippen LogP contribution in [0.25, 0.3) is 0 Å². The molecule has 0 saturated carbocycles. The highest BCUT2D eigenvalue weighted by Crippen LogP contribution is 2.32. The molecule has 2 aliphatic rings. The number of aliphatic imine (C=N–C) groups is 1. The number of nitrogens with zero attached hydrogens (tertiary/aromatic N) is 1. The topological polar surface area (TPSA) is 78.1 Å². The van der Waals surface area contributed by atoms with Crippen LogP contribution in [0.15, 0.2) is 35.5 Å². The number of benzene rings is 1. The summed E-state index contributed by atoms with van der Waals surface area (Å²) in [5.74, 6) is 1.87. The first-order chi connectivity index (χ1) is 10.8. The molecule has 0 aliphatic carbocycles. The third kappa shape index (κ3) is 3.84. The van der Waals surface area contributed by atoms with Crippen LogP contribution in [0.1, 0.15) is 19.3 Å². The van der Waals surface area contributed by atoms with E-state index in [0.717, 1.165) is 36.4 Å². The number of anilines is 1. The number of fused-ring (bicyclic) bond motifs is 1.